The van der Waals surface area contributed by atoms with E-state index in [0.29, 0.717) is 36.4 Å². The average Bonchev–Trinajstić information content (AvgIpc) is 3.08. The summed E-state index contributed by atoms with van der Waals surface area (Å²) in [5.41, 5.74) is 0.0604. The second-order valence-corrected chi connectivity index (χ2v) is 11.1. The molecular formula is C26H38F2O3. The van der Waals surface area contributed by atoms with Gasteiger partial charge in [0.25, 0.3) is 5.92 Å². The lowest BCUT2D eigenvalue weighted by molar-refractivity contribution is -0.246. The van der Waals surface area contributed by atoms with E-state index < -0.39 is 23.7 Å². The van der Waals surface area contributed by atoms with Gasteiger partial charge in [-0.15, -0.1) is 0 Å². The van der Waals surface area contributed by atoms with E-state index in [1.165, 1.54) is 0 Å². The highest BCUT2D eigenvalue weighted by Gasteiger charge is 2.64. The highest BCUT2D eigenvalue weighted by atomic mass is 19.3. The zero-order chi connectivity index (χ0) is 21.9. The lowest BCUT2D eigenvalue weighted by atomic mass is 9.47. The van der Waals surface area contributed by atoms with Crippen molar-refractivity contribution in [3.05, 3.63) is 24.5 Å². The third kappa shape index (κ3) is 3.32. The number of allylic oxidation sites excluding steroid dienone is 1. The largest absolute Gasteiger partial charge is 0.498 e. The van der Waals surface area contributed by atoms with Crippen LogP contribution in [0.5, 0.6) is 0 Å². The highest BCUT2D eigenvalue weighted by molar-refractivity contribution is 5.32. The molecule has 1 heterocycles. The Morgan fingerprint density at radius 1 is 1.03 bits per heavy atom. The highest BCUT2D eigenvalue weighted by Crippen LogP contribution is 2.67. The predicted octanol–water partition coefficient (Wildman–Crippen LogP) is 6.63. The fourth-order valence-corrected chi connectivity index (χ4v) is 8.16. The molecule has 0 radical (unpaired) electrons. The van der Waals surface area contributed by atoms with Gasteiger partial charge >= 0.3 is 0 Å². The smallest absolute Gasteiger partial charge is 0.295 e. The van der Waals surface area contributed by atoms with Crippen LogP contribution < -0.4 is 0 Å². The lowest BCUT2D eigenvalue weighted by Crippen LogP contribution is -2.57. The van der Waals surface area contributed by atoms with Crippen LogP contribution >= 0.6 is 0 Å². The molecule has 5 heteroatoms. The van der Waals surface area contributed by atoms with Gasteiger partial charge in [0.05, 0.1) is 6.26 Å². The summed E-state index contributed by atoms with van der Waals surface area (Å²) in [4.78, 5) is 0. The summed E-state index contributed by atoms with van der Waals surface area (Å²) >= 11 is 0. The Morgan fingerprint density at radius 2 is 1.87 bits per heavy atom. The van der Waals surface area contributed by atoms with Gasteiger partial charge in [-0.2, -0.15) is 8.78 Å². The van der Waals surface area contributed by atoms with Gasteiger partial charge in [0.2, 0.25) is 0 Å². The van der Waals surface area contributed by atoms with Crippen molar-refractivity contribution in [1.29, 1.82) is 0 Å². The maximum atomic E-state index is 15.8. The number of hydrogen-bond acceptors (Lipinski definition) is 3. The van der Waals surface area contributed by atoms with Crippen LogP contribution in [0, 0.1) is 28.6 Å². The van der Waals surface area contributed by atoms with Crippen LogP contribution in [0.3, 0.4) is 0 Å². The third-order valence-electron chi connectivity index (χ3n) is 9.78. The molecule has 0 N–H and O–H groups in total. The predicted molar refractivity (Wildman–Crippen MR) is 116 cm³/mol. The fourth-order valence-electron chi connectivity index (χ4n) is 8.16. The topological polar surface area (TPSA) is 27.7 Å². The maximum absolute atomic E-state index is 15.8. The first-order valence-corrected chi connectivity index (χ1v) is 12.4. The van der Waals surface area contributed by atoms with E-state index in [9.17, 15) is 0 Å². The number of halogens is 2. The molecule has 4 aliphatic carbocycles. The summed E-state index contributed by atoms with van der Waals surface area (Å²) in [6, 6.07) is 0. The van der Waals surface area contributed by atoms with Gasteiger partial charge in [-0.05, 0) is 87.4 Å². The minimum Gasteiger partial charge on any atom is -0.498 e. The molecule has 174 valence electrons. The molecule has 0 spiro atoms. The van der Waals surface area contributed by atoms with Gasteiger partial charge in [0, 0.05) is 17.6 Å². The van der Waals surface area contributed by atoms with Crippen molar-refractivity contribution < 1.29 is 23.0 Å². The summed E-state index contributed by atoms with van der Waals surface area (Å²) in [5.74, 6) is -1.57. The van der Waals surface area contributed by atoms with Crippen LogP contribution in [0.4, 0.5) is 8.78 Å². The Balaban J connectivity index is 1.38. The Morgan fingerprint density at radius 3 is 2.61 bits per heavy atom. The van der Waals surface area contributed by atoms with Crippen LogP contribution in [-0.4, -0.2) is 31.0 Å². The van der Waals surface area contributed by atoms with Crippen LogP contribution in [0.2, 0.25) is 0 Å². The lowest BCUT2D eigenvalue weighted by Gasteiger charge is -2.59. The minimum atomic E-state index is -2.91. The van der Waals surface area contributed by atoms with Gasteiger partial charge in [0.15, 0.2) is 6.29 Å². The van der Waals surface area contributed by atoms with E-state index in [1.807, 2.05) is 6.08 Å². The molecule has 8 atom stereocenters. The van der Waals surface area contributed by atoms with E-state index >= 15 is 8.78 Å². The number of rotatable bonds is 4. The summed E-state index contributed by atoms with van der Waals surface area (Å²) in [7, 11) is 0. The van der Waals surface area contributed by atoms with Crippen molar-refractivity contribution in [2.45, 2.75) is 102 Å². The quantitative estimate of drug-likeness (QED) is 0.365. The minimum absolute atomic E-state index is 0.137. The number of hydrogen-bond donors (Lipinski definition) is 0. The number of ether oxygens (including phenoxy) is 3. The van der Waals surface area contributed by atoms with E-state index in [0.717, 1.165) is 57.8 Å². The van der Waals surface area contributed by atoms with Gasteiger partial charge < -0.3 is 14.2 Å². The molecule has 1 saturated heterocycles. The molecular weight excluding hydrogens is 398 g/mol. The van der Waals surface area contributed by atoms with Crippen molar-refractivity contribution in [3.8, 4) is 0 Å². The molecule has 0 aromatic rings. The third-order valence-corrected chi connectivity index (χ3v) is 9.78. The van der Waals surface area contributed by atoms with Gasteiger partial charge in [-0.3, -0.25) is 0 Å². The molecule has 5 rings (SSSR count). The summed E-state index contributed by atoms with van der Waals surface area (Å²) in [6.07, 6.45) is 11.1. The van der Waals surface area contributed by atoms with Crippen LogP contribution in [-0.2, 0) is 14.2 Å². The van der Waals surface area contributed by atoms with Gasteiger partial charge in [0.1, 0.15) is 12.2 Å². The molecule has 0 aromatic carbocycles. The second kappa shape index (κ2) is 7.83. The number of fused-ring (bicyclic) bond motifs is 5. The van der Waals surface area contributed by atoms with Crippen molar-refractivity contribution in [2.24, 2.45) is 28.6 Å². The summed E-state index contributed by atoms with van der Waals surface area (Å²) in [6.45, 7) is 8.86. The molecule has 0 amide bonds. The molecule has 31 heavy (non-hydrogen) atoms. The number of alkyl halides is 2. The zero-order valence-electron chi connectivity index (χ0n) is 19.1. The SMILES string of the molecule is C=CO[C@H]1CC[C@H]2[C@@H]3CC=C4C(F)(F)[C@@H](OC5CCCCO5)CC[C@]4(C)[C@H]3CC[C@]12C. The first-order chi connectivity index (χ1) is 14.8. The van der Waals surface area contributed by atoms with E-state index in [2.05, 4.69) is 20.4 Å². The monoisotopic (exact) mass is 436 g/mol. The molecule has 1 aliphatic heterocycles. The Kier molecular flexibility index (Phi) is 5.53. The Labute approximate surface area is 185 Å². The van der Waals surface area contributed by atoms with Gasteiger partial charge in [-0.25, -0.2) is 0 Å². The maximum Gasteiger partial charge on any atom is 0.295 e. The van der Waals surface area contributed by atoms with Crippen molar-refractivity contribution in [1.82, 2.24) is 0 Å². The van der Waals surface area contributed by atoms with E-state index in [-0.39, 0.29) is 11.5 Å². The van der Waals surface area contributed by atoms with Crippen LogP contribution in [0.15, 0.2) is 24.5 Å². The molecule has 1 unspecified atom stereocenters. The van der Waals surface area contributed by atoms with Crippen molar-refractivity contribution in [2.75, 3.05) is 6.61 Å². The van der Waals surface area contributed by atoms with Crippen LogP contribution in [0.25, 0.3) is 0 Å². The Bertz CT molecular complexity index is 730. The van der Waals surface area contributed by atoms with Crippen molar-refractivity contribution in [3.63, 3.8) is 0 Å². The Hall–Kier alpha value is -0.940. The average molecular weight is 437 g/mol. The molecule has 3 saturated carbocycles. The molecule has 5 aliphatic rings. The second-order valence-electron chi connectivity index (χ2n) is 11.1. The first kappa shape index (κ1) is 21.9. The zero-order valence-corrected chi connectivity index (χ0v) is 19.1. The standard InChI is InChI=1S/C26H38F2O3/c1-4-29-21-11-9-18-17-8-10-20-24(2,19(17)12-14-25(18,21)3)15-13-22(26(20,27)28)31-23-7-5-6-16-30-23/h4,10,17-19,21-23H,1,5-9,11-16H2,2-3H3/t17-,18-,19-,21-,22-,23?,24+,25-/m0/s1. The van der Waals surface area contributed by atoms with E-state index in [1.54, 1.807) is 6.26 Å². The van der Waals surface area contributed by atoms with Crippen molar-refractivity contribution >= 4 is 0 Å². The van der Waals surface area contributed by atoms with Gasteiger partial charge in [-0.1, -0.05) is 26.5 Å². The molecule has 0 bridgehead atoms. The molecule has 0 aromatic heterocycles. The summed E-state index contributed by atoms with van der Waals surface area (Å²) < 4.78 is 49.0. The van der Waals surface area contributed by atoms with Crippen LogP contribution in [0.1, 0.15) is 78.1 Å². The molecule has 3 nitrogen and oxygen atoms in total. The normalized spacial score (nSPS) is 48.7. The van der Waals surface area contributed by atoms with E-state index in [4.69, 9.17) is 14.2 Å². The molecule has 4 fully saturated rings. The fraction of sp³-hybridized carbons (Fsp3) is 0.846. The summed E-state index contributed by atoms with van der Waals surface area (Å²) in [5, 5.41) is 0. The first-order valence-electron chi connectivity index (χ1n) is 12.4.